The maximum atomic E-state index is 12.2. The van der Waals surface area contributed by atoms with Crippen LogP contribution in [0.4, 0.5) is 0 Å². The second-order valence-electron chi connectivity index (χ2n) is 6.95. The molecular weight excluding hydrogens is 346 g/mol. The summed E-state index contributed by atoms with van der Waals surface area (Å²) < 4.78 is 11.0. The summed E-state index contributed by atoms with van der Waals surface area (Å²) in [5.74, 6) is 1.24. The average molecular weight is 371 g/mol. The number of carbonyl (C=O) groups is 2. The van der Waals surface area contributed by atoms with Crippen molar-refractivity contribution in [2.24, 2.45) is 5.92 Å². The molecule has 0 aliphatic carbocycles. The molecule has 1 aromatic heterocycles. The van der Waals surface area contributed by atoms with E-state index in [9.17, 15) is 9.59 Å². The third-order valence-electron chi connectivity index (χ3n) is 4.73. The van der Waals surface area contributed by atoms with E-state index in [-0.39, 0.29) is 30.0 Å². The number of nitrogens with zero attached hydrogens (tertiary/aromatic N) is 2. The highest BCUT2D eigenvalue weighted by Crippen LogP contribution is 2.21. The molecule has 1 N–H and O–H groups in total. The number of aryl methyl sites for hydroxylation is 2. The first kappa shape index (κ1) is 18.9. The molecule has 1 fully saturated rings. The van der Waals surface area contributed by atoms with Crippen LogP contribution < -0.4 is 10.1 Å². The Bertz CT molecular complexity index is 830. The van der Waals surface area contributed by atoms with Crippen molar-refractivity contribution in [1.29, 1.82) is 0 Å². The van der Waals surface area contributed by atoms with Gasteiger partial charge in [0.15, 0.2) is 11.5 Å². The maximum Gasteiger partial charge on any atom is 0.273 e. The molecule has 0 bridgehead atoms. The van der Waals surface area contributed by atoms with E-state index in [1.165, 1.54) is 0 Å². The van der Waals surface area contributed by atoms with Gasteiger partial charge < -0.3 is 19.5 Å². The Hall–Kier alpha value is -2.83. The van der Waals surface area contributed by atoms with Crippen LogP contribution in [0.25, 0.3) is 0 Å². The molecule has 1 aliphatic rings. The fourth-order valence-electron chi connectivity index (χ4n) is 3.12. The molecule has 0 radical (unpaired) electrons. The molecule has 1 aromatic carbocycles. The molecular formula is C20H25N3O4. The van der Waals surface area contributed by atoms with Gasteiger partial charge in [0.05, 0.1) is 0 Å². The lowest BCUT2D eigenvalue weighted by atomic mass is 10.1. The first-order valence-corrected chi connectivity index (χ1v) is 9.18. The molecule has 3 rings (SSSR count). The second kappa shape index (κ2) is 8.24. The zero-order valence-electron chi connectivity index (χ0n) is 15.9. The van der Waals surface area contributed by atoms with Crippen LogP contribution in [0.1, 0.15) is 40.7 Å². The third kappa shape index (κ3) is 4.67. The number of aromatic nitrogens is 1. The van der Waals surface area contributed by atoms with Gasteiger partial charge in [-0.25, -0.2) is 0 Å². The molecule has 1 saturated heterocycles. The summed E-state index contributed by atoms with van der Waals surface area (Å²) in [7, 11) is 0. The number of rotatable bonds is 7. The lowest BCUT2D eigenvalue weighted by Gasteiger charge is -2.13. The number of hydrogen-bond donors (Lipinski definition) is 1. The highest BCUT2D eigenvalue weighted by atomic mass is 16.5. The molecule has 0 saturated carbocycles. The number of benzene rings is 1. The van der Waals surface area contributed by atoms with Crippen LogP contribution in [0.15, 0.2) is 28.8 Å². The van der Waals surface area contributed by atoms with Crippen LogP contribution in [-0.2, 0) is 11.4 Å². The van der Waals surface area contributed by atoms with E-state index in [0.29, 0.717) is 31.8 Å². The summed E-state index contributed by atoms with van der Waals surface area (Å²) in [6, 6.07) is 7.56. The summed E-state index contributed by atoms with van der Waals surface area (Å²) >= 11 is 0. The van der Waals surface area contributed by atoms with Gasteiger partial charge in [0.1, 0.15) is 12.4 Å². The minimum absolute atomic E-state index is 0.139. The number of hydrogen-bond acceptors (Lipinski definition) is 5. The smallest absolute Gasteiger partial charge is 0.273 e. The SMILES string of the molecule is CCN1C[C@@H](CNC(=O)c2cc(COc3cc(C)ccc3C)on2)CC1=O. The van der Waals surface area contributed by atoms with Gasteiger partial charge in [-0.1, -0.05) is 17.3 Å². The van der Waals surface area contributed by atoms with E-state index in [1.807, 2.05) is 39.0 Å². The topological polar surface area (TPSA) is 84.7 Å². The molecule has 1 aliphatic heterocycles. The molecule has 2 heterocycles. The molecule has 2 amide bonds. The van der Waals surface area contributed by atoms with Crippen molar-refractivity contribution in [3.8, 4) is 5.75 Å². The van der Waals surface area contributed by atoms with Gasteiger partial charge in [-0.3, -0.25) is 9.59 Å². The van der Waals surface area contributed by atoms with Crippen LogP contribution in [0.2, 0.25) is 0 Å². The van der Waals surface area contributed by atoms with Crippen molar-refractivity contribution in [3.63, 3.8) is 0 Å². The third-order valence-corrected chi connectivity index (χ3v) is 4.73. The van der Waals surface area contributed by atoms with E-state index in [1.54, 1.807) is 11.0 Å². The van der Waals surface area contributed by atoms with Crippen LogP contribution in [0.5, 0.6) is 5.75 Å². The first-order valence-electron chi connectivity index (χ1n) is 9.18. The van der Waals surface area contributed by atoms with Crippen LogP contribution in [0.3, 0.4) is 0 Å². The highest BCUT2D eigenvalue weighted by Gasteiger charge is 2.28. The standard InChI is InChI=1S/C20H25N3O4/c1-4-23-11-15(8-19(23)24)10-21-20(25)17-9-16(27-22-17)12-26-18-7-13(2)5-6-14(18)3/h5-7,9,15H,4,8,10-12H2,1-3H3,(H,21,25)/t15-/m1/s1. The predicted molar refractivity (Wildman–Crippen MR) is 99.4 cm³/mol. The van der Waals surface area contributed by atoms with Gasteiger partial charge >= 0.3 is 0 Å². The molecule has 7 nitrogen and oxygen atoms in total. The van der Waals surface area contributed by atoms with Gasteiger partial charge in [-0.15, -0.1) is 0 Å². The van der Waals surface area contributed by atoms with Crippen molar-refractivity contribution < 1.29 is 18.8 Å². The Morgan fingerprint density at radius 3 is 2.93 bits per heavy atom. The largest absolute Gasteiger partial charge is 0.485 e. The van der Waals surface area contributed by atoms with Crippen molar-refractivity contribution in [1.82, 2.24) is 15.4 Å². The summed E-state index contributed by atoms with van der Waals surface area (Å²) in [5, 5.41) is 6.64. The number of likely N-dealkylation sites (tertiary alicyclic amines) is 1. The van der Waals surface area contributed by atoms with E-state index in [0.717, 1.165) is 16.9 Å². The van der Waals surface area contributed by atoms with Crippen molar-refractivity contribution in [2.75, 3.05) is 19.6 Å². The minimum atomic E-state index is -0.306. The van der Waals surface area contributed by atoms with E-state index >= 15 is 0 Å². The zero-order valence-corrected chi connectivity index (χ0v) is 15.9. The summed E-state index contributed by atoms with van der Waals surface area (Å²) in [6.07, 6.45) is 0.474. The van der Waals surface area contributed by atoms with Gasteiger partial charge in [-0.05, 0) is 38.0 Å². The van der Waals surface area contributed by atoms with E-state index in [2.05, 4.69) is 10.5 Å². The molecule has 0 spiro atoms. The van der Waals surface area contributed by atoms with Gasteiger partial charge in [0, 0.05) is 38.0 Å². The van der Waals surface area contributed by atoms with Gasteiger partial charge in [0.2, 0.25) is 5.91 Å². The second-order valence-corrected chi connectivity index (χ2v) is 6.95. The Morgan fingerprint density at radius 1 is 1.37 bits per heavy atom. The monoisotopic (exact) mass is 371 g/mol. The maximum absolute atomic E-state index is 12.2. The van der Waals surface area contributed by atoms with Crippen LogP contribution in [-0.4, -0.2) is 41.5 Å². The van der Waals surface area contributed by atoms with Gasteiger partial charge in [-0.2, -0.15) is 0 Å². The minimum Gasteiger partial charge on any atom is -0.485 e. The molecule has 7 heteroatoms. The fourth-order valence-corrected chi connectivity index (χ4v) is 3.12. The first-order chi connectivity index (χ1) is 13.0. The lowest BCUT2D eigenvalue weighted by Crippen LogP contribution is -2.31. The molecule has 2 aromatic rings. The predicted octanol–water partition coefficient (Wildman–Crippen LogP) is 2.47. The van der Waals surface area contributed by atoms with Crippen molar-refractivity contribution in [3.05, 3.63) is 46.8 Å². The van der Waals surface area contributed by atoms with Crippen LogP contribution >= 0.6 is 0 Å². The summed E-state index contributed by atoms with van der Waals surface area (Å²) in [4.78, 5) is 25.8. The zero-order chi connectivity index (χ0) is 19.4. The highest BCUT2D eigenvalue weighted by molar-refractivity contribution is 5.92. The molecule has 1 atom stereocenters. The average Bonchev–Trinajstić information content (AvgIpc) is 3.27. The van der Waals surface area contributed by atoms with E-state index < -0.39 is 0 Å². The Balaban J connectivity index is 1.50. The van der Waals surface area contributed by atoms with Crippen molar-refractivity contribution >= 4 is 11.8 Å². The van der Waals surface area contributed by atoms with Crippen molar-refractivity contribution in [2.45, 2.75) is 33.8 Å². The number of carbonyl (C=O) groups excluding carboxylic acids is 2. The number of amides is 2. The molecule has 0 unspecified atom stereocenters. The Labute approximate surface area is 158 Å². The molecule has 27 heavy (non-hydrogen) atoms. The Morgan fingerprint density at radius 2 is 2.19 bits per heavy atom. The van der Waals surface area contributed by atoms with E-state index in [4.69, 9.17) is 9.26 Å². The normalized spacial score (nSPS) is 16.6. The fraction of sp³-hybridized carbons (Fsp3) is 0.450. The number of nitrogens with one attached hydrogen (secondary N) is 1. The van der Waals surface area contributed by atoms with Crippen LogP contribution in [0, 0.1) is 19.8 Å². The molecule has 144 valence electrons. The lowest BCUT2D eigenvalue weighted by molar-refractivity contribution is -0.127. The van der Waals surface area contributed by atoms with Gasteiger partial charge in [0.25, 0.3) is 5.91 Å². The summed E-state index contributed by atoms with van der Waals surface area (Å²) in [5.41, 5.74) is 2.36. The Kier molecular flexibility index (Phi) is 5.78. The number of ether oxygens (including phenoxy) is 1. The quantitative estimate of drug-likeness (QED) is 0.808. The summed E-state index contributed by atoms with van der Waals surface area (Å²) in [6.45, 7) is 7.97.